The minimum absolute atomic E-state index is 0.243. The molecule has 6 heteroatoms. The number of phenols is 1. The molecule has 0 radical (unpaired) electrons. The summed E-state index contributed by atoms with van der Waals surface area (Å²) in [6.07, 6.45) is 1.07. The van der Waals surface area contributed by atoms with Gasteiger partial charge in [-0.2, -0.15) is 0 Å². The van der Waals surface area contributed by atoms with Crippen LogP contribution in [0.5, 0.6) is 11.5 Å². The monoisotopic (exact) mass is 382 g/mol. The van der Waals surface area contributed by atoms with Crippen LogP contribution in [0.1, 0.15) is 24.5 Å². The van der Waals surface area contributed by atoms with Gasteiger partial charge in [-0.25, -0.2) is 0 Å². The summed E-state index contributed by atoms with van der Waals surface area (Å²) in [6, 6.07) is 16.6. The first kappa shape index (κ1) is 20.0. The van der Waals surface area contributed by atoms with E-state index >= 15 is 0 Å². The molecule has 0 bridgehead atoms. The van der Waals surface area contributed by atoms with Crippen molar-refractivity contribution in [2.24, 2.45) is 4.99 Å². The normalized spacial score (nSPS) is 20.2. The second kappa shape index (κ2) is 9.46. The molecule has 1 aliphatic rings. The van der Waals surface area contributed by atoms with Crippen LogP contribution in [0, 0.1) is 0 Å². The van der Waals surface area contributed by atoms with Crippen molar-refractivity contribution in [3.05, 3.63) is 59.7 Å². The van der Waals surface area contributed by atoms with Crippen molar-refractivity contribution in [2.75, 3.05) is 20.7 Å². The van der Waals surface area contributed by atoms with Gasteiger partial charge in [0.05, 0.1) is 7.11 Å². The molecule has 28 heavy (non-hydrogen) atoms. The Labute approximate surface area is 167 Å². The highest BCUT2D eigenvalue weighted by Gasteiger charge is 2.29. The van der Waals surface area contributed by atoms with Crippen molar-refractivity contribution in [3.8, 4) is 11.5 Å². The van der Waals surface area contributed by atoms with Crippen LogP contribution in [-0.4, -0.2) is 48.8 Å². The Hall–Kier alpha value is -2.73. The maximum Gasteiger partial charge on any atom is 0.191 e. The van der Waals surface area contributed by atoms with E-state index in [1.807, 2.05) is 6.07 Å². The van der Waals surface area contributed by atoms with Gasteiger partial charge < -0.3 is 20.5 Å². The molecule has 1 aliphatic heterocycles. The number of aromatic hydroxyl groups is 1. The second-order valence-corrected chi connectivity index (χ2v) is 7.26. The molecule has 3 N–H and O–H groups in total. The molecule has 0 spiro atoms. The van der Waals surface area contributed by atoms with Crippen molar-refractivity contribution in [1.29, 1.82) is 0 Å². The van der Waals surface area contributed by atoms with Gasteiger partial charge in [-0.05, 0) is 37.1 Å². The van der Waals surface area contributed by atoms with E-state index in [-0.39, 0.29) is 5.75 Å². The lowest BCUT2D eigenvalue weighted by molar-refractivity contribution is 0.258. The van der Waals surface area contributed by atoms with Crippen LogP contribution in [0.4, 0.5) is 0 Å². The largest absolute Gasteiger partial charge is 0.508 e. The standard InChI is InChI=1S/C22H30N4O2/c1-16-11-19(15-26(16)14-17-7-5-4-6-8-17)25-22(23-2)24-13-18-12-20(28-3)9-10-21(18)27/h4-10,12,16,19,27H,11,13-15H2,1-3H3,(H2,23,24,25). The summed E-state index contributed by atoms with van der Waals surface area (Å²) in [6.45, 7) is 4.68. The van der Waals surface area contributed by atoms with Gasteiger partial charge in [-0.1, -0.05) is 30.3 Å². The zero-order valence-electron chi connectivity index (χ0n) is 16.9. The molecule has 1 saturated heterocycles. The molecular weight excluding hydrogens is 352 g/mol. The highest BCUT2D eigenvalue weighted by Crippen LogP contribution is 2.23. The lowest BCUT2D eigenvalue weighted by atomic mass is 10.2. The molecule has 6 nitrogen and oxygen atoms in total. The number of aliphatic imine (C=N–C) groups is 1. The van der Waals surface area contributed by atoms with Crippen LogP contribution < -0.4 is 15.4 Å². The molecule has 2 unspecified atom stereocenters. The van der Waals surface area contributed by atoms with Crippen LogP contribution in [0.25, 0.3) is 0 Å². The average Bonchev–Trinajstić information content (AvgIpc) is 3.05. The molecule has 1 heterocycles. The SMILES string of the molecule is CN=C(NCc1cc(OC)ccc1O)NC1CC(C)N(Cc2ccccc2)C1. The summed E-state index contributed by atoms with van der Waals surface area (Å²) < 4.78 is 5.23. The van der Waals surface area contributed by atoms with E-state index in [9.17, 15) is 5.11 Å². The van der Waals surface area contributed by atoms with E-state index < -0.39 is 0 Å². The highest BCUT2D eigenvalue weighted by molar-refractivity contribution is 5.80. The van der Waals surface area contributed by atoms with Gasteiger partial charge in [0.1, 0.15) is 11.5 Å². The summed E-state index contributed by atoms with van der Waals surface area (Å²) in [5.41, 5.74) is 2.11. The molecule has 2 aromatic rings. The Morgan fingerprint density at radius 3 is 2.75 bits per heavy atom. The van der Waals surface area contributed by atoms with Crippen LogP contribution in [0.2, 0.25) is 0 Å². The number of rotatable bonds is 6. The first-order valence-corrected chi connectivity index (χ1v) is 9.70. The molecule has 2 atom stereocenters. The van der Waals surface area contributed by atoms with Crippen molar-refractivity contribution >= 4 is 5.96 Å². The molecule has 2 aromatic carbocycles. The maximum atomic E-state index is 10.0. The molecular formula is C22H30N4O2. The smallest absolute Gasteiger partial charge is 0.191 e. The molecule has 3 rings (SSSR count). The number of methoxy groups -OCH3 is 1. The number of hydrogen-bond acceptors (Lipinski definition) is 4. The van der Waals surface area contributed by atoms with E-state index in [4.69, 9.17) is 4.74 Å². The van der Waals surface area contributed by atoms with Gasteiger partial charge in [-0.15, -0.1) is 0 Å². The number of phenolic OH excluding ortho intramolecular Hbond substituents is 1. The van der Waals surface area contributed by atoms with E-state index in [0.29, 0.717) is 18.6 Å². The fraction of sp³-hybridized carbons (Fsp3) is 0.409. The molecule has 0 amide bonds. The van der Waals surface area contributed by atoms with Crippen LogP contribution >= 0.6 is 0 Å². The Balaban J connectivity index is 1.54. The topological polar surface area (TPSA) is 69.1 Å². The van der Waals surface area contributed by atoms with Crippen molar-refractivity contribution in [2.45, 2.75) is 38.5 Å². The number of likely N-dealkylation sites (tertiary alicyclic amines) is 1. The van der Waals surface area contributed by atoms with E-state index in [2.05, 4.69) is 57.8 Å². The van der Waals surface area contributed by atoms with Gasteiger partial charge in [-0.3, -0.25) is 9.89 Å². The molecule has 0 aliphatic carbocycles. The summed E-state index contributed by atoms with van der Waals surface area (Å²) in [7, 11) is 3.38. The average molecular weight is 383 g/mol. The molecule has 150 valence electrons. The summed E-state index contributed by atoms with van der Waals surface area (Å²) in [4.78, 5) is 6.83. The van der Waals surface area contributed by atoms with Crippen LogP contribution in [0.3, 0.4) is 0 Å². The number of benzene rings is 2. The van der Waals surface area contributed by atoms with Gasteiger partial charge in [0.25, 0.3) is 0 Å². The first-order chi connectivity index (χ1) is 13.6. The number of nitrogens with zero attached hydrogens (tertiary/aromatic N) is 2. The quantitative estimate of drug-likeness (QED) is 0.529. The summed E-state index contributed by atoms with van der Waals surface area (Å²) >= 11 is 0. The Morgan fingerprint density at radius 1 is 1.25 bits per heavy atom. The summed E-state index contributed by atoms with van der Waals surface area (Å²) in [5.74, 6) is 1.70. The molecule has 1 fully saturated rings. The van der Waals surface area contributed by atoms with Gasteiger partial charge in [0.15, 0.2) is 5.96 Å². The van der Waals surface area contributed by atoms with Crippen LogP contribution in [0.15, 0.2) is 53.5 Å². The predicted octanol–water partition coefficient (Wildman–Crippen LogP) is 2.73. The Morgan fingerprint density at radius 2 is 2.04 bits per heavy atom. The number of ether oxygens (including phenoxy) is 1. The summed E-state index contributed by atoms with van der Waals surface area (Å²) in [5, 5.41) is 16.9. The number of guanidine groups is 1. The third-order valence-corrected chi connectivity index (χ3v) is 5.23. The number of hydrogen-bond donors (Lipinski definition) is 3. The van der Waals surface area contributed by atoms with Crippen molar-refractivity contribution in [1.82, 2.24) is 15.5 Å². The molecule has 0 saturated carbocycles. The number of nitrogens with one attached hydrogen (secondary N) is 2. The third-order valence-electron chi connectivity index (χ3n) is 5.23. The minimum Gasteiger partial charge on any atom is -0.508 e. The zero-order valence-corrected chi connectivity index (χ0v) is 16.9. The fourth-order valence-corrected chi connectivity index (χ4v) is 3.64. The minimum atomic E-state index is 0.243. The first-order valence-electron chi connectivity index (χ1n) is 9.70. The zero-order chi connectivity index (χ0) is 19.9. The Bertz CT molecular complexity index is 794. The van der Waals surface area contributed by atoms with Gasteiger partial charge >= 0.3 is 0 Å². The maximum absolute atomic E-state index is 10.0. The fourth-order valence-electron chi connectivity index (χ4n) is 3.64. The second-order valence-electron chi connectivity index (χ2n) is 7.26. The van der Waals surface area contributed by atoms with E-state index in [1.54, 1.807) is 26.3 Å². The lowest BCUT2D eigenvalue weighted by Crippen LogP contribution is -2.44. The molecule has 0 aromatic heterocycles. The van der Waals surface area contributed by atoms with Crippen LogP contribution in [-0.2, 0) is 13.1 Å². The van der Waals surface area contributed by atoms with Gasteiger partial charge in [0.2, 0.25) is 0 Å². The Kier molecular flexibility index (Phi) is 6.76. The van der Waals surface area contributed by atoms with Crippen molar-refractivity contribution < 1.29 is 9.84 Å². The third kappa shape index (κ3) is 5.16. The van der Waals surface area contributed by atoms with Gasteiger partial charge in [0, 0.05) is 44.3 Å². The van der Waals surface area contributed by atoms with Crippen molar-refractivity contribution in [3.63, 3.8) is 0 Å². The lowest BCUT2D eigenvalue weighted by Gasteiger charge is -2.21. The van der Waals surface area contributed by atoms with E-state index in [0.717, 1.165) is 36.8 Å². The predicted molar refractivity (Wildman–Crippen MR) is 113 cm³/mol. The van der Waals surface area contributed by atoms with E-state index in [1.165, 1.54) is 5.56 Å². The highest BCUT2D eigenvalue weighted by atomic mass is 16.5.